The van der Waals surface area contributed by atoms with Crippen LogP contribution in [0.1, 0.15) is 27.7 Å². The molecular weight excluding hydrogens is 184 g/mol. The fourth-order valence-electron chi connectivity index (χ4n) is 1.02. The van der Waals surface area contributed by atoms with Crippen molar-refractivity contribution in [3.8, 4) is 0 Å². The molecule has 0 aliphatic heterocycles. The zero-order valence-electron chi connectivity index (χ0n) is 8.99. The summed E-state index contributed by atoms with van der Waals surface area (Å²) < 4.78 is 9.92. The van der Waals surface area contributed by atoms with Crippen LogP contribution in [0.5, 0.6) is 0 Å². The molecule has 0 amide bonds. The summed E-state index contributed by atoms with van der Waals surface area (Å²) in [5.41, 5.74) is 0. The van der Waals surface area contributed by atoms with Crippen LogP contribution in [-0.4, -0.2) is 17.7 Å². The Bertz CT molecular complexity index is 227. The summed E-state index contributed by atoms with van der Waals surface area (Å²) in [5.74, 6) is -2.56. The van der Waals surface area contributed by atoms with Crippen molar-refractivity contribution in [2.45, 2.75) is 33.5 Å². The maximum Gasteiger partial charge on any atom is 0.306 e. The molecule has 4 nitrogen and oxygen atoms in total. The number of hydrogen-bond acceptors (Lipinski definition) is 4. The van der Waals surface area contributed by atoms with Crippen molar-refractivity contribution < 1.29 is 19.1 Å². The Hall–Kier alpha value is -1.32. The van der Waals surface area contributed by atoms with Gasteiger partial charge in [-0.05, 0) is 6.08 Å². The highest BCUT2D eigenvalue weighted by molar-refractivity contribution is 5.69. The second kappa shape index (κ2) is 4.79. The van der Waals surface area contributed by atoms with E-state index in [0.717, 1.165) is 0 Å². The molecule has 14 heavy (non-hydrogen) atoms. The van der Waals surface area contributed by atoms with Crippen LogP contribution in [0.3, 0.4) is 0 Å². The Morgan fingerprint density at radius 2 is 1.57 bits per heavy atom. The molecule has 0 bridgehead atoms. The number of hydrogen-bond donors (Lipinski definition) is 0. The highest BCUT2D eigenvalue weighted by Crippen LogP contribution is 2.25. The molecule has 0 aliphatic rings. The molecule has 0 atom stereocenters. The molecular formula is C10H16O4. The fourth-order valence-corrected chi connectivity index (χ4v) is 1.02. The molecule has 80 valence electrons. The lowest BCUT2D eigenvalue weighted by molar-refractivity contribution is -0.221. The lowest BCUT2D eigenvalue weighted by Crippen LogP contribution is -2.42. The average Bonchev–Trinajstić information content (AvgIpc) is 2.00. The summed E-state index contributed by atoms with van der Waals surface area (Å²) >= 11 is 0. The summed E-state index contributed by atoms with van der Waals surface area (Å²) in [5, 5.41) is 0. The van der Waals surface area contributed by atoms with E-state index in [1.807, 2.05) is 0 Å². The first-order valence-electron chi connectivity index (χ1n) is 4.37. The van der Waals surface area contributed by atoms with E-state index < -0.39 is 17.7 Å². The van der Waals surface area contributed by atoms with Crippen LogP contribution in [0, 0.1) is 5.92 Å². The van der Waals surface area contributed by atoms with Crippen molar-refractivity contribution in [3.63, 3.8) is 0 Å². The molecule has 0 aromatic heterocycles. The van der Waals surface area contributed by atoms with Crippen LogP contribution >= 0.6 is 0 Å². The summed E-state index contributed by atoms with van der Waals surface area (Å²) in [6.07, 6.45) is 1.32. The van der Waals surface area contributed by atoms with Crippen molar-refractivity contribution in [2.24, 2.45) is 5.92 Å². The Labute approximate surface area is 83.9 Å². The number of carbonyl (C=O) groups is 2. The van der Waals surface area contributed by atoms with Gasteiger partial charge in [-0.2, -0.15) is 0 Å². The molecule has 4 heteroatoms. The summed E-state index contributed by atoms with van der Waals surface area (Å²) in [7, 11) is 0. The third-order valence-corrected chi connectivity index (χ3v) is 1.70. The van der Waals surface area contributed by atoms with Crippen LogP contribution in [0.25, 0.3) is 0 Å². The van der Waals surface area contributed by atoms with Crippen LogP contribution in [0.2, 0.25) is 0 Å². The van der Waals surface area contributed by atoms with Crippen molar-refractivity contribution in [3.05, 3.63) is 12.7 Å². The van der Waals surface area contributed by atoms with Gasteiger partial charge in [0.15, 0.2) is 0 Å². The molecule has 0 aromatic carbocycles. The number of ether oxygens (including phenoxy) is 2. The van der Waals surface area contributed by atoms with Gasteiger partial charge in [0.05, 0.1) is 0 Å². The van der Waals surface area contributed by atoms with Crippen molar-refractivity contribution in [1.82, 2.24) is 0 Å². The van der Waals surface area contributed by atoms with Gasteiger partial charge in [-0.15, -0.1) is 0 Å². The molecule has 0 unspecified atom stereocenters. The van der Waals surface area contributed by atoms with E-state index in [2.05, 4.69) is 6.58 Å². The monoisotopic (exact) mass is 200 g/mol. The topological polar surface area (TPSA) is 52.6 Å². The van der Waals surface area contributed by atoms with E-state index in [1.54, 1.807) is 13.8 Å². The molecule has 0 rings (SSSR count). The molecule has 0 saturated heterocycles. The molecule has 0 aliphatic carbocycles. The summed E-state index contributed by atoms with van der Waals surface area (Å²) in [6.45, 7) is 9.56. The number of esters is 2. The molecule has 0 radical (unpaired) electrons. The van der Waals surface area contributed by atoms with Crippen LogP contribution in [0.15, 0.2) is 12.7 Å². The van der Waals surface area contributed by atoms with Crippen LogP contribution in [0.4, 0.5) is 0 Å². The largest absolute Gasteiger partial charge is 0.418 e. The predicted molar refractivity (Wildman–Crippen MR) is 51.3 cm³/mol. The minimum absolute atomic E-state index is 0.187. The standard InChI is InChI=1S/C10H16O4/c1-6-10(7(2)3,13-8(4)11)14-9(5)12/h6-7H,1H2,2-5H3. The Kier molecular flexibility index (Phi) is 4.34. The summed E-state index contributed by atoms with van der Waals surface area (Å²) in [6, 6.07) is 0. The normalized spacial score (nSPS) is 10.9. The van der Waals surface area contributed by atoms with Gasteiger partial charge in [0, 0.05) is 19.8 Å². The molecule has 0 aromatic rings. The first kappa shape index (κ1) is 12.7. The van der Waals surface area contributed by atoms with Crippen LogP contribution in [-0.2, 0) is 19.1 Å². The van der Waals surface area contributed by atoms with E-state index in [-0.39, 0.29) is 5.92 Å². The number of carbonyl (C=O) groups excluding carboxylic acids is 2. The SMILES string of the molecule is C=CC(OC(C)=O)(OC(C)=O)C(C)C. The second-order valence-electron chi connectivity index (χ2n) is 3.27. The summed E-state index contributed by atoms with van der Waals surface area (Å²) in [4.78, 5) is 21.7. The van der Waals surface area contributed by atoms with Gasteiger partial charge in [0.25, 0.3) is 5.79 Å². The average molecular weight is 200 g/mol. The van der Waals surface area contributed by atoms with Crippen molar-refractivity contribution >= 4 is 11.9 Å². The number of rotatable bonds is 4. The minimum Gasteiger partial charge on any atom is -0.418 e. The lowest BCUT2D eigenvalue weighted by Gasteiger charge is -2.32. The maximum absolute atomic E-state index is 10.8. The molecule has 0 fully saturated rings. The van der Waals surface area contributed by atoms with Gasteiger partial charge in [-0.3, -0.25) is 9.59 Å². The minimum atomic E-state index is -1.35. The van der Waals surface area contributed by atoms with Gasteiger partial charge in [0.1, 0.15) is 0 Å². The fraction of sp³-hybridized carbons (Fsp3) is 0.600. The molecule has 0 N–H and O–H groups in total. The quantitative estimate of drug-likeness (QED) is 0.393. The Morgan fingerprint density at radius 3 is 1.71 bits per heavy atom. The highest BCUT2D eigenvalue weighted by atomic mass is 16.7. The van der Waals surface area contributed by atoms with Gasteiger partial charge < -0.3 is 9.47 Å². The van der Waals surface area contributed by atoms with Crippen molar-refractivity contribution in [1.29, 1.82) is 0 Å². The van der Waals surface area contributed by atoms with E-state index in [1.165, 1.54) is 19.9 Å². The van der Waals surface area contributed by atoms with Crippen molar-refractivity contribution in [2.75, 3.05) is 0 Å². The smallest absolute Gasteiger partial charge is 0.306 e. The van der Waals surface area contributed by atoms with E-state index in [0.29, 0.717) is 0 Å². The Balaban J connectivity index is 4.87. The molecule has 0 spiro atoms. The third kappa shape index (κ3) is 3.20. The first-order chi connectivity index (χ1) is 6.34. The highest BCUT2D eigenvalue weighted by Gasteiger charge is 2.37. The second-order valence-corrected chi connectivity index (χ2v) is 3.27. The predicted octanol–water partition coefficient (Wildman–Crippen LogP) is 1.65. The van der Waals surface area contributed by atoms with E-state index >= 15 is 0 Å². The molecule has 0 saturated carbocycles. The first-order valence-corrected chi connectivity index (χ1v) is 4.37. The third-order valence-electron chi connectivity index (χ3n) is 1.70. The maximum atomic E-state index is 10.8. The van der Waals surface area contributed by atoms with Gasteiger partial charge in [0.2, 0.25) is 0 Å². The molecule has 0 heterocycles. The zero-order chi connectivity index (χ0) is 11.4. The zero-order valence-corrected chi connectivity index (χ0v) is 8.99. The van der Waals surface area contributed by atoms with Gasteiger partial charge >= 0.3 is 11.9 Å². The van der Waals surface area contributed by atoms with E-state index in [9.17, 15) is 9.59 Å². The van der Waals surface area contributed by atoms with Gasteiger partial charge in [-0.1, -0.05) is 20.4 Å². The lowest BCUT2D eigenvalue weighted by atomic mass is 10.0. The Morgan fingerprint density at radius 1 is 1.21 bits per heavy atom. The van der Waals surface area contributed by atoms with Gasteiger partial charge in [-0.25, -0.2) is 0 Å². The van der Waals surface area contributed by atoms with Crippen LogP contribution < -0.4 is 0 Å². The van der Waals surface area contributed by atoms with E-state index in [4.69, 9.17) is 9.47 Å².